The maximum absolute atomic E-state index is 12.8. The zero-order chi connectivity index (χ0) is 14.0. The van der Waals surface area contributed by atoms with Crippen LogP contribution in [0.15, 0.2) is 25.0 Å². The molecule has 0 amide bonds. The molecule has 5 nitrogen and oxygen atoms in total. The first-order chi connectivity index (χ1) is 8.91. The van der Waals surface area contributed by atoms with Crippen molar-refractivity contribution >= 4 is 5.78 Å². The maximum Gasteiger partial charge on any atom is 0.434 e. The highest BCUT2D eigenvalue weighted by Gasteiger charge is 2.37. The van der Waals surface area contributed by atoms with Crippen molar-refractivity contribution in [3.05, 3.63) is 47.6 Å². The van der Waals surface area contributed by atoms with Crippen LogP contribution in [0.2, 0.25) is 0 Å². The number of carbonyl (C=O) groups excluding carboxylic acids is 1. The van der Waals surface area contributed by atoms with E-state index in [-0.39, 0.29) is 11.3 Å². The molecule has 2 aromatic heterocycles. The number of alkyl halides is 3. The summed E-state index contributed by atoms with van der Waals surface area (Å²) in [5.74, 6) is -0.856. The van der Waals surface area contributed by atoms with Crippen LogP contribution in [-0.2, 0) is 6.18 Å². The Bertz CT molecular complexity index is 627. The monoisotopic (exact) mass is 268 g/mol. The summed E-state index contributed by atoms with van der Waals surface area (Å²) in [5, 5.41) is 0. The Kier molecular flexibility index (Phi) is 3.24. The molecule has 2 heterocycles. The van der Waals surface area contributed by atoms with E-state index in [2.05, 4.69) is 19.9 Å². The van der Waals surface area contributed by atoms with Gasteiger partial charge in [0.1, 0.15) is 12.7 Å². The number of aromatic nitrogens is 4. The van der Waals surface area contributed by atoms with Gasteiger partial charge in [0.25, 0.3) is 0 Å². The summed E-state index contributed by atoms with van der Waals surface area (Å²) in [7, 11) is 0. The second-order valence-electron chi connectivity index (χ2n) is 3.63. The number of carbonyl (C=O) groups is 1. The summed E-state index contributed by atoms with van der Waals surface area (Å²) in [6.07, 6.45) is -0.772. The average molecular weight is 268 g/mol. The van der Waals surface area contributed by atoms with Gasteiger partial charge in [0.15, 0.2) is 11.5 Å². The minimum Gasteiger partial charge on any atom is -0.288 e. The molecule has 2 aromatic rings. The van der Waals surface area contributed by atoms with Crippen molar-refractivity contribution in [2.45, 2.75) is 13.1 Å². The largest absolute Gasteiger partial charge is 0.434 e. The lowest BCUT2D eigenvalue weighted by molar-refractivity contribution is -0.141. The van der Waals surface area contributed by atoms with Crippen molar-refractivity contribution in [2.24, 2.45) is 0 Å². The SMILES string of the molecule is Cc1ncncc1C(=O)c1cncnc1C(F)(F)F. The summed E-state index contributed by atoms with van der Waals surface area (Å²) in [6, 6.07) is 0. The molecule has 0 aliphatic rings. The fourth-order valence-corrected chi connectivity index (χ4v) is 1.48. The smallest absolute Gasteiger partial charge is 0.288 e. The number of hydrogen-bond donors (Lipinski definition) is 0. The van der Waals surface area contributed by atoms with E-state index in [9.17, 15) is 18.0 Å². The molecule has 0 bridgehead atoms. The van der Waals surface area contributed by atoms with Crippen molar-refractivity contribution in [3.63, 3.8) is 0 Å². The van der Waals surface area contributed by atoms with Gasteiger partial charge in [0.2, 0.25) is 0 Å². The lowest BCUT2D eigenvalue weighted by Crippen LogP contribution is -2.17. The van der Waals surface area contributed by atoms with Gasteiger partial charge in [-0.3, -0.25) is 4.79 Å². The molecule has 8 heteroatoms. The zero-order valence-corrected chi connectivity index (χ0v) is 9.64. The van der Waals surface area contributed by atoms with Crippen LogP contribution in [-0.4, -0.2) is 25.7 Å². The predicted octanol–water partition coefficient (Wildman–Crippen LogP) is 1.82. The minimum absolute atomic E-state index is 0.0113. The van der Waals surface area contributed by atoms with Crippen molar-refractivity contribution in [3.8, 4) is 0 Å². The van der Waals surface area contributed by atoms with Crippen LogP contribution >= 0.6 is 0 Å². The highest BCUT2D eigenvalue weighted by Crippen LogP contribution is 2.30. The molecule has 0 aliphatic heterocycles. The molecule has 0 aromatic carbocycles. The Labute approximate surface area is 105 Å². The quantitative estimate of drug-likeness (QED) is 0.777. The summed E-state index contributed by atoms with van der Waals surface area (Å²) < 4.78 is 38.3. The number of aryl methyl sites for hydroxylation is 1. The highest BCUT2D eigenvalue weighted by atomic mass is 19.4. The van der Waals surface area contributed by atoms with Crippen LogP contribution in [0.4, 0.5) is 13.2 Å². The molecule has 0 unspecified atom stereocenters. The molecular weight excluding hydrogens is 261 g/mol. The molecule has 0 N–H and O–H groups in total. The van der Waals surface area contributed by atoms with Gasteiger partial charge in [-0.05, 0) is 6.92 Å². The molecule has 0 aliphatic carbocycles. The molecule has 0 atom stereocenters. The third-order valence-corrected chi connectivity index (χ3v) is 2.38. The second-order valence-corrected chi connectivity index (χ2v) is 3.63. The van der Waals surface area contributed by atoms with Crippen molar-refractivity contribution in [1.82, 2.24) is 19.9 Å². The Morgan fingerprint density at radius 1 is 1.05 bits per heavy atom. The van der Waals surface area contributed by atoms with Crippen molar-refractivity contribution < 1.29 is 18.0 Å². The Balaban J connectivity index is 2.55. The number of ketones is 1. The second kappa shape index (κ2) is 4.71. The minimum atomic E-state index is -4.72. The number of halogens is 3. The van der Waals surface area contributed by atoms with Gasteiger partial charge in [-0.2, -0.15) is 13.2 Å². The van der Waals surface area contributed by atoms with Crippen LogP contribution < -0.4 is 0 Å². The standard InChI is InChI=1S/C11H7F3N4O/c1-6-7(2-15-4-17-6)9(19)8-3-16-5-18-10(8)11(12,13)14/h2-5H,1H3. The van der Waals surface area contributed by atoms with Crippen LogP contribution in [0, 0.1) is 6.92 Å². The first-order valence-electron chi connectivity index (χ1n) is 5.09. The van der Waals surface area contributed by atoms with E-state index in [1.54, 1.807) is 0 Å². The van der Waals surface area contributed by atoms with E-state index in [0.717, 1.165) is 18.7 Å². The van der Waals surface area contributed by atoms with Gasteiger partial charge in [-0.25, -0.2) is 19.9 Å². The highest BCUT2D eigenvalue weighted by molar-refractivity contribution is 6.10. The predicted molar refractivity (Wildman–Crippen MR) is 57.2 cm³/mol. The molecule has 0 spiro atoms. The maximum atomic E-state index is 12.8. The van der Waals surface area contributed by atoms with Gasteiger partial charge in [0, 0.05) is 12.4 Å². The van der Waals surface area contributed by atoms with E-state index in [4.69, 9.17) is 0 Å². The molecule has 0 saturated heterocycles. The van der Waals surface area contributed by atoms with Crippen LogP contribution in [0.5, 0.6) is 0 Å². The summed E-state index contributed by atoms with van der Waals surface area (Å²) in [4.78, 5) is 26.1. The van der Waals surface area contributed by atoms with Gasteiger partial charge in [0.05, 0.1) is 16.8 Å². The van der Waals surface area contributed by atoms with E-state index in [1.165, 1.54) is 13.3 Å². The molecule has 0 fully saturated rings. The first kappa shape index (κ1) is 13.1. The van der Waals surface area contributed by atoms with Crippen LogP contribution in [0.3, 0.4) is 0 Å². The third-order valence-electron chi connectivity index (χ3n) is 2.38. The number of rotatable bonds is 2. The van der Waals surface area contributed by atoms with Gasteiger partial charge in [-0.15, -0.1) is 0 Å². The fraction of sp³-hybridized carbons (Fsp3) is 0.182. The lowest BCUT2D eigenvalue weighted by atomic mass is 10.0. The summed E-state index contributed by atoms with van der Waals surface area (Å²) >= 11 is 0. The van der Waals surface area contributed by atoms with Gasteiger partial charge in [-0.1, -0.05) is 0 Å². The third kappa shape index (κ3) is 2.56. The lowest BCUT2D eigenvalue weighted by Gasteiger charge is -2.10. The summed E-state index contributed by atoms with van der Waals surface area (Å²) in [6.45, 7) is 1.51. The topological polar surface area (TPSA) is 68.6 Å². The molecule has 0 saturated carbocycles. The van der Waals surface area contributed by atoms with E-state index >= 15 is 0 Å². The van der Waals surface area contributed by atoms with E-state index < -0.39 is 23.2 Å². The fourth-order valence-electron chi connectivity index (χ4n) is 1.48. The van der Waals surface area contributed by atoms with E-state index in [0.29, 0.717) is 0 Å². The molecule has 19 heavy (non-hydrogen) atoms. The normalized spacial score (nSPS) is 11.4. The molecule has 0 radical (unpaired) electrons. The Morgan fingerprint density at radius 3 is 2.21 bits per heavy atom. The molecular formula is C11H7F3N4O. The average Bonchev–Trinajstić information content (AvgIpc) is 2.37. The summed E-state index contributed by atoms with van der Waals surface area (Å²) in [5.41, 5.74) is -1.61. The van der Waals surface area contributed by atoms with Gasteiger partial charge >= 0.3 is 6.18 Å². The van der Waals surface area contributed by atoms with Crippen molar-refractivity contribution in [2.75, 3.05) is 0 Å². The van der Waals surface area contributed by atoms with Crippen molar-refractivity contribution in [1.29, 1.82) is 0 Å². The molecule has 2 rings (SSSR count). The molecule has 98 valence electrons. The van der Waals surface area contributed by atoms with Crippen LogP contribution in [0.25, 0.3) is 0 Å². The van der Waals surface area contributed by atoms with E-state index in [1.807, 2.05) is 0 Å². The zero-order valence-electron chi connectivity index (χ0n) is 9.64. The first-order valence-corrected chi connectivity index (χ1v) is 5.09. The number of nitrogens with zero attached hydrogens (tertiary/aromatic N) is 4. The number of hydrogen-bond acceptors (Lipinski definition) is 5. The Hall–Kier alpha value is -2.38. The van der Waals surface area contributed by atoms with Gasteiger partial charge < -0.3 is 0 Å². The van der Waals surface area contributed by atoms with Crippen LogP contribution in [0.1, 0.15) is 27.3 Å². The Morgan fingerprint density at radius 2 is 1.63 bits per heavy atom.